The Morgan fingerprint density at radius 1 is 1.58 bits per heavy atom. The molecule has 126 valence electrons. The fourth-order valence-corrected chi connectivity index (χ4v) is 2.68. The second-order valence-electron chi connectivity index (χ2n) is 5.46. The van der Waals surface area contributed by atoms with Crippen LogP contribution in [0.3, 0.4) is 0 Å². The molecule has 3 heterocycles. The second kappa shape index (κ2) is 5.72. The number of anilines is 1. The number of aliphatic hydroxyl groups is 2. The molecule has 10 nitrogen and oxygen atoms in total. The molecular formula is C14H15N5O5. The van der Waals surface area contributed by atoms with Crippen molar-refractivity contribution in [3.8, 4) is 6.07 Å². The van der Waals surface area contributed by atoms with E-state index in [4.69, 9.17) is 15.2 Å². The zero-order valence-corrected chi connectivity index (χ0v) is 12.7. The quantitative estimate of drug-likeness (QED) is 0.595. The van der Waals surface area contributed by atoms with Gasteiger partial charge in [0.15, 0.2) is 5.82 Å². The summed E-state index contributed by atoms with van der Waals surface area (Å²) in [6, 6.07) is 5.02. The number of fused-ring (bicyclic) bond motifs is 1. The second-order valence-corrected chi connectivity index (χ2v) is 5.46. The number of rotatable bonds is 3. The van der Waals surface area contributed by atoms with Crippen LogP contribution in [0.15, 0.2) is 18.5 Å². The molecule has 0 radical (unpaired) electrons. The Bertz CT molecular complexity index is 831. The largest absolute Gasteiger partial charge is 0.462 e. The first-order chi connectivity index (χ1) is 11.4. The molecule has 0 aliphatic carbocycles. The number of aliphatic hydroxyl groups excluding tert-OH is 2. The Hall–Kier alpha value is -2.74. The van der Waals surface area contributed by atoms with E-state index in [0.29, 0.717) is 11.2 Å². The predicted octanol–water partition coefficient (Wildman–Crippen LogP) is -1.07. The van der Waals surface area contributed by atoms with Gasteiger partial charge in [0, 0.05) is 6.92 Å². The van der Waals surface area contributed by atoms with E-state index in [9.17, 15) is 20.3 Å². The lowest BCUT2D eigenvalue weighted by Crippen LogP contribution is -2.46. The minimum absolute atomic E-state index is 0.232. The van der Waals surface area contributed by atoms with Gasteiger partial charge in [-0.05, 0) is 12.1 Å². The number of ether oxygens (including phenoxy) is 2. The summed E-state index contributed by atoms with van der Waals surface area (Å²) in [5.74, 6) is -0.400. The first-order valence-corrected chi connectivity index (χ1v) is 7.06. The van der Waals surface area contributed by atoms with Gasteiger partial charge >= 0.3 is 5.97 Å². The predicted molar refractivity (Wildman–Crippen MR) is 78.2 cm³/mol. The molecule has 4 N–H and O–H groups in total. The van der Waals surface area contributed by atoms with Gasteiger partial charge in [0.1, 0.15) is 42.8 Å². The van der Waals surface area contributed by atoms with E-state index in [-0.39, 0.29) is 5.82 Å². The van der Waals surface area contributed by atoms with Crippen molar-refractivity contribution >= 4 is 17.3 Å². The van der Waals surface area contributed by atoms with Crippen molar-refractivity contribution in [3.05, 3.63) is 24.2 Å². The van der Waals surface area contributed by atoms with Crippen LogP contribution in [0.5, 0.6) is 0 Å². The lowest BCUT2D eigenvalue weighted by molar-refractivity contribution is -0.152. The minimum Gasteiger partial charge on any atom is -0.462 e. The molecule has 24 heavy (non-hydrogen) atoms. The van der Waals surface area contributed by atoms with Crippen LogP contribution in [0.2, 0.25) is 0 Å². The zero-order chi connectivity index (χ0) is 17.5. The molecular weight excluding hydrogens is 318 g/mol. The van der Waals surface area contributed by atoms with Crippen LogP contribution in [0.25, 0.3) is 5.52 Å². The van der Waals surface area contributed by atoms with Crippen LogP contribution < -0.4 is 5.73 Å². The smallest absolute Gasteiger partial charge is 0.302 e. The first kappa shape index (κ1) is 16.1. The third kappa shape index (κ3) is 2.35. The van der Waals surface area contributed by atoms with Crippen LogP contribution in [-0.2, 0) is 14.3 Å². The van der Waals surface area contributed by atoms with E-state index in [1.807, 2.05) is 0 Å². The molecule has 3 rings (SSSR count). The monoisotopic (exact) mass is 333 g/mol. The van der Waals surface area contributed by atoms with Crippen LogP contribution in [0, 0.1) is 11.3 Å². The number of carbonyl (C=O) groups excluding carboxylic acids is 1. The highest BCUT2D eigenvalue weighted by Crippen LogP contribution is 2.40. The molecule has 0 saturated carbocycles. The Kier molecular flexibility index (Phi) is 3.84. The number of nitriles is 1. The molecule has 2 aromatic rings. The standard InChI is InChI=1S/C14H15N5O5/c1-7(20)23-5-14(4-15)12(22)10(21)11(24-14)8-2-3-9-13(16)17-6-18-19(8)9/h2-3,6,10-12,21-22H,5H2,1H3,(H2,16,17,18)/t10-,11+,12+,14-/m1/s1. The Balaban J connectivity index is 1.98. The third-order valence-electron chi connectivity index (χ3n) is 3.93. The van der Waals surface area contributed by atoms with E-state index in [1.54, 1.807) is 18.2 Å². The van der Waals surface area contributed by atoms with Gasteiger partial charge in [-0.1, -0.05) is 0 Å². The average molecular weight is 333 g/mol. The highest BCUT2D eigenvalue weighted by atomic mass is 16.6. The van der Waals surface area contributed by atoms with Crippen molar-refractivity contribution in [1.29, 1.82) is 5.26 Å². The SMILES string of the molecule is CC(=O)OC[C@@]1(C#N)O[C@@H](c2ccc3c(N)ncnn23)[C@@H](O)[C@@H]1O. The highest BCUT2D eigenvalue weighted by molar-refractivity contribution is 5.66. The van der Waals surface area contributed by atoms with Crippen LogP contribution in [0.1, 0.15) is 18.7 Å². The maximum Gasteiger partial charge on any atom is 0.302 e. The van der Waals surface area contributed by atoms with Crippen molar-refractivity contribution in [3.63, 3.8) is 0 Å². The van der Waals surface area contributed by atoms with Gasteiger partial charge in [-0.2, -0.15) is 10.4 Å². The number of nitrogens with two attached hydrogens (primary N) is 1. The molecule has 1 aliphatic heterocycles. The van der Waals surface area contributed by atoms with E-state index >= 15 is 0 Å². The Labute approximate surface area is 136 Å². The van der Waals surface area contributed by atoms with Crippen molar-refractivity contribution < 1.29 is 24.5 Å². The molecule has 1 saturated heterocycles. The number of hydrogen-bond acceptors (Lipinski definition) is 9. The van der Waals surface area contributed by atoms with Crippen molar-refractivity contribution in [1.82, 2.24) is 14.6 Å². The van der Waals surface area contributed by atoms with Gasteiger partial charge in [0.2, 0.25) is 5.60 Å². The molecule has 0 aromatic carbocycles. The van der Waals surface area contributed by atoms with Crippen LogP contribution in [0.4, 0.5) is 5.82 Å². The van der Waals surface area contributed by atoms with Crippen molar-refractivity contribution in [2.45, 2.75) is 30.8 Å². The Morgan fingerprint density at radius 2 is 2.33 bits per heavy atom. The maximum absolute atomic E-state index is 11.0. The molecule has 0 unspecified atom stereocenters. The van der Waals surface area contributed by atoms with Crippen LogP contribution in [-0.4, -0.2) is 55.2 Å². The summed E-state index contributed by atoms with van der Waals surface area (Å²) in [5, 5.41) is 34.0. The van der Waals surface area contributed by atoms with Crippen LogP contribution >= 0.6 is 0 Å². The lowest BCUT2D eigenvalue weighted by Gasteiger charge is -2.23. The first-order valence-electron chi connectivity index (χ1n) is 7.06. The van der Waals surface area contributed by atoms with E-state index in [2.05, 4.69) is 10.1 Å². The molecule has 0 bridgehead atoms. The number of esters is 1. The number of nitrogen functional groups attached to an aromatic ring is 1. The summed E-state index contributed by atoms with van der Waals surface area (Å²) in [7, 11) is 0. The van der Waals surface area contributed by atoms with Gasteiger partial charge in [-0.3, -0.25) is 4.79 Å². The molecule has 0 spiro atoms. The minimum atomic E-state index is -1.88. The number of nitrogens with zero attached hydrogens (tertiary/aromatic N) is 4. The summed E-state index contributed by atoms with van der Waals surface area (Å²) in [6.07, 6.45) is -2.82. The van der Waals surface area contributed by atoms with Gasteiger partial charge in [-0.15, -0.1) is 0 Å². The topological polar surface area (TPSA) is 156 Å². The van der Waals surface area contributed by atoms with Crippen molar-refractivity contribution in [2.75, 3.05) is 12.3 Å². The lowest BCUT2D eigenvalue weighted by atomic mass is 9.96. The molecule has 0 amide bonds. The molecule has 1 aliphatic rings. The molecule has 2 aromatic heterocycles. The molecule has 10 heteroatoms. The Morgan fingerprint density at radius 3 is 3.00 bits per heavy atom. The van der Waals surface area contributed by atoms with Gasteiger partial charge in [0.05, 0.1) is 5.69 Å². The van der Waals surface area contributed by atoms with Gasteiger partial charge in [-0.25, -0.2) is 9.50 Å². The fraction of sp³-hybridized carbons (Fsp3) is 0.429. The molecule has 1 fully saturated rings. The summed E-state index contributed by atoms with van der Waals surface area (Å²) in [4.78, 5) is 14.9. The average Bonchev–Trinajstić information content (AvgIpc) is 3.09. The summed E-state index contributed by atoms with van der Waals surface area (Å²) in [6.45, 7) is 0.661. The number of hydrogen-bond donors (Lipinski definition) is 3. The summed E-state index contributed by atoms with van der Waals surface area (Å²) < 4.78 is 11.8. The summed E-state index contributed by atoms with van der Waals surface area (Å²) >= 11 is 0. The van der Waals surface area contributed by atoms with Gasteiger partial charge in [0.25, 0.3) is 0 Å². The fourth-order valence-electron chi connectivity index (χ4n) is 2.68. The maximum atomic E-state index is 11.0. The number of aromatic nitrogens is 3. The highest BCUT2D eigenvalue weighted by Gasteiger charge is 2.56. The third-order valence-corrected chi connectivity index (χ3v) is 3.93. The van der Waals surface area contributed by atoms with Gasteiger partial charge < -0.3 is 25.4 Å². The van der Waals surface area contributed by atoms with Crippen molar-refractivity contribution in [2.24, 2.45) is 0 Å². The van der Waals surface area contributed by atoms with E-state index in [1.165, 1.54) is 17.8 Å². The summed E-state index contributed by atoms with van der Waals surface area (Å²) in [5.41, 5.74) is 4.75. The number of carbonyl (C=O) groups is 1. The van der Waals surface area contributed by atoms with E-state index in [0.717, 1.165) is 0 Å². The normalized spacial score (nSPS) is 29.5. The van der Waals surface area contributed by atoms with E-state index < -0.39 is 36.5 Å². The molecule has 4 atom stereocenters. The zero-order valence-electron chi connectivity index (χ0n) is 12.7.